The first-order chi connectivity index (χ1) is 13.2. The Morgan fingerprint density at radius 1 is 1.00 bits per heavy atom. The van der Waals surface area contributed by atoms with E-state index in [0.29, 0.717) is 5.56 Å². The van der Waals surface area contributed by atoms with Gasteiger partial charge in [-0.15, -0.1) is 11.3 Å². The van der Waals surface area contributed by atoms with Crippen molar-refractivity contribution in [2.45, 2.75) is 0 Å². The molecule has 0 fully saturated rings. The molecule has 0 amide bonds. The van der Waals surface area contributed by atoms with Gasteiger partial charge in [-0.1, -0.05) is 46.3 Å². The van der Waals surface area contributed by atoms with Crippen LogP contribution in [0.5, 0.6) is 5.75 Å². The van der Waals surface area contributed by atoms with E-state index < -0.39 is 0 Å². The molecule has 0 aliphatic carbocycles. The minimum absolute atomic E-state index is 0.207. The molecule has 0 spiro atoms. The standard InChI is InChI=1S/C22H15BrN2OS/c23-16-9-7-15(8-10-16)4-3-13-24-17-11-12-20(26)18(14-17)22-25-19-5-1-2-6-21(19)27-22/h1-14,26H/b4-3+,24-13?. The number of fused-ring (bicyclic) bond motifs is 1. The van der Waals surface area contributed by atoms with Crippen molar-refractivity contribution in [1.29, 1.82) is 0 Å². The molecule has 0 unspecified atom stereocenters. The number of aliphatic imine (C=N–C) groups is 1. The largest absolute Gasteiger partial charge is 0.507 e. The lowest BCUT2D eigenvalue weighted by Gasteiger charge is -2.02. The molecule has 1 heterocycles. The van der Waals surface area contributed by atoms with Gasteiger partial charge in [0.25, 0.3) is 0 Å². The summed E-state index contributed by atoms with van der Waals surface area (Å²) in [6.45, 7) is 0. The summed E-state index contributed by atoms with van der Waals surface area (Å²) in [4.78, 5) is 9.08. The summed E-state index contributed by atoms with van der Waals surface area (Å²) in [6, 6.07) is 21.3. The molecule has 0 aliphatic rings. The summed E-state index contributed by atoms with van der Waals surface area (Å²) in [5.74, 6) is 0.207. The van der Waals surface area contributed by atoms with Crippen molar-refractivity contribution < 1.29 is 5.11 Å². The molecule has 1 N–H and O–H groups in total. The number of allylic oxidation sites excluding steroid dienone is 1. The molecule has 0 saturated heterocycles. The summed E-state index contributed by atoms with van der Waals surface area (Å²) in [5.41, 5.74) is 3.50. The quantitative estimate of drug-likeness (QED) is 0.357. The average Bonchev–Trinajstić information content (AvgIpc) is 3.12. The van der Waals surface area contributed by atoms with E-state index in [0.717, 1.165) is 30.9 Å². The molecule has 132 valence electrons. The van der Waals surface area contributed by atoms with Crippen molar-refractivity contribution in [1.82, 2.24) is 4.98 Å². The number of nitrogens with zero attached hydrogens (tertiary/aromatic N) is 2. The molecular formula is C22H15BrN2OS. The zero-order valence-corrected chi connectivity index (χ0v) is 16.6. The molecule has 4 aromatic rings. The second kappa shape index (κ2) is 7.86. The van der Waals surface area contributed by atoms with Crippen LogP contribution in [0.1, 0.15) is 5.56 Å². The molecule has 4 rings (SSSR count). The van der Waals surface area contributed by atoms with Gasteiger partial charge in [-0.05, 0) is 54.1 Å². The average molecular weight is 435 g/mol. The highest BCUT2D eigenvalue weighted by molar-refractivity contribution is 9.10. The van der Waals surface area contributed by atoms with Crippen molar-refractivity contribution in [3.8, 4) is 16.3 Å². The maximum atomic E-state index is 10.3. The van der Waals surface area contributed by atoms with Gasteiger partial charge in [-0.3, -0.25) is 4.99 Å². The molecule has 3 aromatic carbocycles. The number of thiazole rings is 1. The molecule has 27 heavy (non-hydrogen) atoms. The Morgan fingerprint density at radius 2 is 1.81 bits per heavy atom. The predicted molar refractivity (Wildman–Crippen MR) is 118 cm³/mol. The Labute approximate surface area is 169 Å². The normalized spacial score (nSPS) is 11.7. The van der Waals surface area contributed by atoms with E-state index in [9.17, 15) is 5.11 Å². The number of aromatic nitrogens is 1. The van der Waals surface area contributed by atoms with Gasteiger partial charge >= 0.3 is 0 Å². The Kier molecular flexibility index (Phi) is 5.14. The molecule has 0 bridgehead atoms. The van der Waals surface area contributed by atoms with Gasteiger partial charge in [0.2, 0.25) is 0 Å². The lowest BCUT2D eigenvalue weighted by atomic mass is 10.2. The van der Waals surface area contributed by atoms with Gasteiger partial charge in [0.1, 0.15) is 10.8 Å². The lowest BCUT2D eigenvalue weighted by Crippen LogP contribution is -1.78. The first-order valence-electron chi connectivity index (χ1n) is 8.34. The van der Waals surface area contributed by atoms with E-state index in [1.54, 1.807) is 29.7 Å². The van der Waals surface area contributed by atoms with E-state index in [4.69, 9.17) is 0 Å². The Bertz CT molecular complexity index is 1110. The van der Waals surface area contributed by atoms with E-state index in [1.165, 1.54) is 0 Å². The second-order valence-electron chi connectivity index (χ2n) is 5.88. The molecular weight excluding hydrogens is 420 g/mol. The van der Waals surface area contributed by atoms with Crippen LogP contribution < -0.4 is 0 Å². The minimum atomic E-state index is 0.207. The van der Waals surface area contributed by atoms with Crippen LogP contribution in [-0.4, -0.2) is 16.3 Å². The van der Waals surface area contributed by atoms with Crippen LogP contribution >= 0.6 is 27.3 Å². The smallest absolute Gasteiger partial charge is 0.128 e. The first kappa shape index (κ1) is 17.6. The third kappa shape index (κ3) is 4.15. The number of rotatable bonds is 4. The number of benzene rings is 3. The third-order valence-corrected chi connectivity index (χ3v) is 5.57. The second-order valence-corrected chi connectivity index (χ2v) is 7.82. The maximum absolute atomic E-state index is 10.3. The highest BCUT2D eigenvalue weighted by Crippen LogP contribution is 2.37. The van der Waals surface area contributed by atoms with E-state index >= 15 is 0 Å². The highest BCUT2D eigenvalue weighted by Gasteiger charge is 2.10. The third-order valence-electron chi connectivity index (χ3n) is 3.97. The molecule has 0 aliphatic heterocycles. The number of halogens is 1. The SMILES string of the molecule is Oc1ccc(N=C/C=C/c2ccc(Br)cc2)cc1-c1nc2ccccc2s1. The predicted octanol–water partition coefficient (Wildman–Crippen LogP) is 6.85. The van der Waals surface area contributed by atoms with Crippen LogP contribution in [0.4, 0.5) is 5.69 Å². The molecule has 0 atom stereocenters. The Hall–Kier alpha value is -2.76. The fourth-order valence-corrected chi connectivity index (χ4v) is 3.88. The van der Waals surface area contributed by atoms with Gasteiger partial charge in [0.15, 0.2) is 0 Å². The fourth-order valence-electron chi connectivity index (χ4n) is 2.62. The first-order valence-corrected chi connectivity index (χ1v) is 9.95. The summed E-state index contributed by atoms with van der Waals surface area (Å²) < 4.78 is 2.15. The van der Waals surface area contributed by atoms with Gasteiger partial charge in [-0.2, -0.15) is 0 Å². The van der Waals surface area contributed by atoms with Crippen LogP contribution in [0.25, 0.3) is 26.9 Å². The Morgan fingerprint density at radius 3 is 2.63 bits per heavy atom. The zero-order chi connectivity index (χ0) is 18.6. The maximum Gasteiger partial charge on any atom is 0.128 e. The van der Waals surface area contributed by atoms with Crippen molar-refractivity contribution in [2.24, 2.45) is 4.99 Å². The Balaban J connectivity index is 1.57. The van der Waals surface area contributed by atoms with Crippen molar-refractivity contribution in [3.63, 3.8) is 0 Å². The minimum Gasteiger partial charge on any atom is -0.507 e. The van der Waals surface area contributed by atoms with Crippen molar-refractivity contribution in [2.75, 3.05) is 0 Å². The van der Waals surface area contributed by atoms with Crippen molar-refractivity contribution in [3.05, 3.63) is 82.8 Å². The van der Waals surface area contributed by atoms with Crippen LogP contribution in [0.2, 0.25) is 0 Å². The van der Waals surface area contributed by atoms with Crippen LogP contribution in [0, 0.1) is 0 Å². The van der Waals surface area contributed by atoms with Gasteiger partial charge in [0, 0.05) is 10.7 Å². The summed E-state index contributed by atoms with van der Waals surface area (Å²) in [7, 11) is 0. The number of para-hydroxylation sites is 1. The molecule has 5 heteroatoms. The summed E-state index contributed by atoms with van der Waals surface area (Å²) in [5, 5.41) is 11.0. The number of hydrogen-bond donors (Lipinski definition) is 1. The van der Waals surface area contributed by atoms with Crippen LogP contribution in [-0.2, 0) is 0 Å². The zero-order valence-electron chi connectivity index (χ0n) is 14.2. The number of hydrogen-bond acceptors (Lipinski definition) is 4. The van der Waals surface area contributed by atoms with Gasteiger partial charge < -0.3 is 5.11 Å². The fraction of sp³-hybridized carbons (Fsp3) is 0. The van der Waals surface area contributed by atoms with Crippen LogP contribution in [0.15, 0.2) is 82.3 Å². The number of phenolic OH excluding ortho intramolecular Hbond substituents is 1. The van der Waals surface area contributed by atoms with Gasteiger partial charge in [-0.25, -0.2) is 4.98 Å². The molecule has 0 saturated carbocycles. The monoisotopic (exact) mass is 434 g/mol. The lowest BCUT2D eigenvalue weighted by molar-refractivity contribution is 0.477. The molecule has 1 aromatic heterocycles. The molecule has 3 nitrogen and oxygen atoms in total. The van der Waals surface area contributed by atoms with E-state index in [-0.39, 0.29) is 5.75 Å². The highest BCUT2D eigenvalue weighted by atomic mass is 79.9. The molecule has 0 radical (unpaired) electrons. The van der Waals surface area contributed by atoms with Crippen molar-refractivity contribution >= 4 is 55.5 Å². The van der Waals surface area contributed by atoms with Crippen LogP contribution in [0.3, 0.4) is 0 Å². The van der Waals surface area contributed by atoms with Gasteiger partial charge in [0.05, 0.1) is 21.5 Å². The summed E-state index contributed by atoms with van der Waals surface area (Å²) in [6.07, 6.45) is 5.63. The number of phenols is 1. The summed E-state index contributed by atoms with van der Waals surface area (Å²) >= 11 is 4.98. The van der Waals surface area contributed by atoms with E-state index in [2.05, 4.69) is 25.9 Å². The number of aromatic hydroxyl groups is 1. The van der Waals surface area contributed by atoms with E-state index in [1.807, 2.05) is 66.7 Å². The topological polar surface area (TPSA) is 45.5 Å².